The molecule has 0 saturated heterocycles. The van der Waals surface area contributed by atoms with Crippen LogP contribution in [0.4, 0.5) is 0 Å². The van der Waals surface area contributed by atoms with E-state index >= 15 is 0 Å². The van der Waals surface area contributed by atoms with Gasteiger partial charge in [0.05, 0.1) is 5.56 Å². The van der Waals surface area contributed by atoms with Crippen molar-refractivity contribution in [2.24, 2.45) is 0 Å². The van der Waals surface area contributed by atoms with Crippen molar-refractivity contribution < 1.29 is 14.3 Å². The van der Waals surface area contributed by atoms with Gasteiger partial charge in [-0.25, -0.2) is 0 Å². The third-order valence-electron chi connectivity index (χ3n) is 4.27. The van der Waals surface area contributed by atoms with Crippen LogP contribution < -0.4 is 9.47 Å². The first kappa shape index (κ1) is 18.9. The molecule has 4 rings (SSSR count). The molecule has 1 aliphatic rings. The summed E-state index contributed by atoms with van der Waals surface area (Å²) in [6.45, 7) is 0.310. The second-order valence-electron chi connectivity index (χ2n) is 6.11. The van der Waals surface area contributed by atoms with Crippen molar-refractivity contribution in [1.82, 2.24) is 0 Å². The van der Waals surface area contributed by atoms with Gasteiger partial charge in [0.15, 0.2) is 5.76 Å². The lowest BCUT2D eigenvalue weighted by molar-refractivity contribution is 0.101. The van der Waals surface area contributed by atoms with Crippen molar-refractivity contribution in [2.75, 3.05) is 0 Å². The SMILES string of the molecule is O=C1C(=Cc2c(Cl)cccc2Cl)Oc2cc(OCc3ccccc3Cl)ccc21. The number of fused-ring (bicyclic) bond motifs is 1. The Labute approximate surface area is 177 Å². The summed E-state index contributed by atoms with van der Waals surface area (Å²) in [4.78, 5) is 12.6. The molecule has 1 aliphatic heterocycles. The van der Waals surface area contributed by atoms with Gasteiger partial charge in [-0.05, 0) is 36.4 Å². The number of ketones is 1. The predicted molar refractivity (Wildman–Crippen MR) is 112 cm³/mol. The Morgan fingerprint density at radius 1 is 0.893 bits per heavy atom. The maximum Gasteiger partial charge on any atom is 0.231 e. The molecule has 0 unspecified atom stereocenters. The van der Waals surface area contributed by atoms with Crippen molar-refractivity contribution >= 4 is 46.7 Å². The van der Waals surface area contributed by atoms with E-state index in [0.717, 1.165) is 5.56 Å². The molecule has 0 saturated carbocycles. The lowest BCUT2D eigenvalue weighted by atomic mass is 10.1. The monoisotopic (exact) mass is 430 g/mol. The van der Waals surface area contributed by atoms with Crippen LogP contribution in [0.5, 0.6) is 11.5 Å². The van der Waals surface area contributed by atoms with E-state index in [4.69, 9.17) is 44.3 Å². The van der Waals surface area contributed by atoms with E-state index in [2.05, 4.69) is 0 Å². The van der Waals surface area contributed by atoms with Crippen LogP contribution in [-0.4, -0.2) is 5.78 Å². The normalized spacial score (nSPS) is 14.1. The molecule has 0 aromatic heterocycles. The maximum atomic E-state index is 12.6. The largest absolute Gasteiger partial charge is 0.489 e. The van der Waals surface area contributed by atoms with Gasteiger partial charge in [-0.15, -0.1) is 0 Å². The number of rotatable bonds is 4. The number of allylic oxidation sites excluding steroid dienone is 1. The Morgan fingerprint density at radius 2 is 1.61 bits per heavy atom. The second kappa shape index (κ2) is 7.88. The zero-order valence-corrected chi connectivity index (χ0v) is 16.7. The molecule has 0 bridgehead atoms. The van der Waals surface area contributed by atoms with Crippen molar-refractivity contribution in [3.63, 3.8) is 0 Å². The summed E-state index contributed by atoms with van der Waals surface area (Å²) in [7, 11) is 0. The van der Waals surface area contributed by atoms with E-state index in [1.807, 2.05) is 24.3 Å². The van der Waals surface area contributed by atoms with E-state index < -0.39 is 0 Å². The molecule has 0 amide bonds. The van der Waals surface area contributed by atoms with Crippen molar-refractivity contribution in [3.8, 4) is 11.5 Å². The minimum atomic E-state index is -0.233. The summed E-state index contributed by atoms with van der Waals surface area (Å²) in [5, 5.41) is 1.52. The van der Waals surface area contributed by atoms with Gasteiger partial charge in [0.2, 0.25) is 5.78 Å². The smallest absolute Gasteiger partial charge is 0.231 e. The number of benzene rings is 3. The van der Waals surface area contributed by atoms with Crippen molar-refractivity contribution in [1.29, 1.82) is 0 Å². The quantitative estimate of drug-likeness (QED) is 0.424. The van der Waals surface area contributed by atoms with Gasteiger partial charge in [0.1, 0.15) is 18.1 Å². The summed E-state index contributed by atoms with van der Waals surface area (Å²) in [6.07, 6.45) is 1.55. The Balaban J connectivity index is 1.56. The molecule has 0 N–H and O–H groups in total. The molecule has 6 heteroatoms. The number of Topliss-reactive ketones (excluding diaryl/α,β-unsaturated/α-hetero) is 1. The van der Waals surface area contributed by atoms with Gasteiger partial charge in [-0.3, -0.25) is 4.79 Å². The van der Waals surface area contributed by atoms with Crippen LogP contribution in [-0.2, 0) is 6.61 Å². The standard InChI is InChI=1S/C22H13Cl3O3/c23-17-5-2-1-4-13(17)12-27-14-8-9-15-20(10-14)28-21(22(15)26)11-16-18(24)6-3-7-19(16)25/h1-11H,12H2. The number of halogens is 3. The Hall–Kier alpha value is -2.46. The molecule has 0 radical (unpaired) electrons. The molecule has 0 atom stereocenters. The highest BCUT2D eigenvalue weighted by Gasteiger charge is 2.28. The summed E-state index contributed by atoms with van der Waals surface area (Å²) in [6, 6.07) is 17.7. The fraction of sp³-hybridized carbons (Fsp3) is 0.0455. The Kier molecular flexibility index (Phi) is 5.31. The third kappa shape index (κ3) is 3.74. The maximum absolute atomic E-state index is 12.6. The van der Waals surface area contributed by atoms with Gasteiger partial charge in [0, 0.05) is 32.3 Å². The van der Waals surface area contributed by atoms with Crippen molar-refractivity contribution in [3.05, 3.63) is 98.2 Å². The second-order valence-corrected chi connectivity index (χ2v) is 7.33. The molecule has 3 aromatic carbocycles. The van der Waals surface area contributed by atoms with E-state index in [1.165, 1.54) is 0 Å². The molecule has 3 aromatic rings. The number of carbonyl (C=O) groups is 1. The van der Waals surface area contributed by atoms with E-state index in [9.17, 15) is 4.79 Å². The molecule has 3 nitrogen and oxygen atoms in total. The van der Waals surface area contributed by atoms with Gasteiger partial charge >= 0.3 is 0 Å². The fourth-order valence-electron chi connectivity index (χ4n) is 2.81. The first-order valence-electron chi connectivity index (χ1n) is 8.41. The molecule has 0 fully saturated rings. The van der Waals surface area contributed by atoms with Crippen LogP contribution in [0.3, 0.4) is 0 Å². The summed E-state index contributed by atoms with van der Waals surface area (Å²) in [5.41, 5.74) is 1.87. The topological polar surface area (TPSA) is 35.5 Å². The highest BCUT2D eigenvalue weighted by atomic mass is 35.5. The summed E-state index contributed by atoms with van der Waals surface area (Å²) in [5.74, 6) is 0.927. The van der Waals surface area contributed by atoms with Crippen molar-refractivity contribution in [2.45, 2.75) is 6.61 Å². The average molecular weight is 432 g/mol. The first-order chi connectivity index (χ1) is 13.5. The van der Waals surface area contributed by atoms with Crippen LogP contribution in [0.25, 0.3) is 6.08 Å². The minimum absolute atomic E-state index is 0.160. The lowest BCUT2D eigenvalue weighted by Gasteiger charge is -2.08. The van der Waals surface area contributed by atoms with Crippen LogP contribution in [0, 0.1) is 0 Å². The molecule has 0 spiro atoms. The van der Waals surface area contributed by atoms with Crippen LogP contribution in [0.15, 0.2) is 66.4 Å². The van der Waals surface area contributed by atoms with Gasteiger partial charge < -0.3 is 9.47 Å². The van der Waals surface area contributed by atoms with Crippen LogP contribution in [0.1, 0.15) is 21.5 Å². The number of ether oxygens (including phenoxy) is 2. The lowest BCUT2D eigenvalue weighted by Crippen LogP contribution is -1.98. The summed E-state index contributed by atoms with van der Waals surface area (Å²) >= 11 is 18.5. The highest BCUT2D eigenvalue weighted by molar-refractivity contribution is 6.37. The van der Waals surface area contributed by atoms with Gasteiger partial charge in [0.25, 0.3) is 0 Å². The van der Waals surface area contributed by atoms with E-state index in [1.54, 1.807) is 42.5 Å². The highest BCUT2D eigenvalue weighted by Crippen LogP contribution is 2.36. The number of hydrogen-bond acceptors (Lipinski definition) is 3. The van der Waals surface area contributed by atoms with Gasteiger partial charge in [-0.1, -0.05) is 59.1 Å². The Morgan fingerprint density at radius 3 is 2.36 bits per heavy atom. The third-order valence-corrected chi connectivity index (χ3v) is 5.30. The number of hydrogen-bond donors (Lipinski definition) is 0. The van der Waals surface area contributed by atoms with E-state index in [-0.39, 0.29) is 11.5 Å². The molecule has 140 valence electrons. The number of carbonyl (C=O) groups excluding carboxylic acids is 1. The minimum Gasteiger partial charge on any atom is -0.489 e. The predicted octanol–water partition coefficient (Wildman–Crippen LogP) is 6.84. The molecule has 0 aliphatic carbocycles. The fourth-order valence-corrected chi connectivity index (χ4v) is 3.51. The zero-order valence-electron chi connectivity index (χ0n) is 14.4. The van der Waals surface area contributed by atoms with Gasteiger partial charge in [-0.2, -0.15) is 0 Å². The zero-order chi connectivity index (χ0) is 19.7. The molecular formula is C22H13Cl3O3. The van der Waals surface area contributed by atoms with E-state index in [0.29, 0.717) is 44.3 Å². The summed E-state index contributed by atoms with van der Waals surface area (Å²) < 4.78 is 11.5. The molecular weight excluding hydrogens is 419 g/mol. The Bertz CT molecular complexity index is 1090. The average Bonchev–Trinajstić information content (AvgIpc) is 2.99. The molecule has 1 heterocycles. The van der Waals surface area contributed by atoms with Crippen LogP contribution >= 0.6 is 34.8 Å². The van der Waals surface area contributed by atoms with Crippen LogP contribution in [0.2, 0.25) is 15.1 Å². The molecule has 28 heavy (non-hydrogen) atoms. The first-order valence-corrected chi connectivity index (χ1v) is 9.55.